The van der Waals surface area contributed by atoms with Gasteiger partial charge in [-0.3, -0.25) is 9.97 Å². The number of phenolic OH excluding ortho intramolecular Hbond substituents is 1. The van der Waals surface area contributed by atoms with E-state index in [1.54, 1.807) is 24.3 Å². The monoisotopic (exact) mass is 270 g/mol. The van der Waals surface area contributed by atoms with Gasteiger partial charge < -0.3 is 5.11 Å². The maximum atomic E-state index is 11.3. The Balaban J connectivity index is 2.28. The van der Waals surface area contributed by atoms with Crippen LogP contribution >= 0.6 is 0 Å². The zero-order chi connectivity index (χ0) is 14.3. The molecule has 0 aliphatic heterocycles. The van der Waals surface area contributed by atoms with E-state index in [2.05, 4.69) is 19.9 Å². The number of H-pyrrole nitrogens is 2. The van der Waals surface area contributed by atoms with Gasteiger partial charge in [0.2, 0.25) is 0 Å². The van der Waals surface area contributed by atoms with Crippen LogP contribution in [-0.4, -0.2) is 25.0 Å². The largest absolute Gasteiger partial charge is 0.508 e. The summed E-state index contributed by atoms with van der Waals surface area (Å²) in [4.78, 5) is 25.5. The van der Waals surface area contributed by atoms with Crippen LogP contribution in [0.5, 0.6) is 5.75 Å². The van der Waals surface area contributed by atoms with Crippen LogP contribution in [0, 0.1) is 0 Å². The average molecular weight is 270 g/mol. The number of hydrogen-bond acceptors (Lipinski definition) is 4. The van der Waals surface area contributed by atoms with E-state index in [0.717, 1.165) is 11.3 Å². The Hall–Kier alpha value is -2.63. The van der Waals surface area contributed by atoms with Gasteiger partial charge in [0.25, 0.3) is 0 Å². The molecule has 3 rings (SSSR count). The summed E-state index contributed by atoms with van der Waals surface area (Å²) in [6, 6.07) is 6.76. The molecule has 6 nitrogen and oxygen atoms in total. The molecule has 0 spiro atoms. The quantitative estimate of drug-likeness (QED) is 0.665. The van der Waals surface area contributed by atoms with Crippen molar-refractivity contribution in [2.24, 2.45) is 0 Å². The van der Waals surface area contributed by atoms with Crippen molar-refractivity contribution in [3.05, 3.63) is 40.4 Å². The molecule has 0 bridgehead atoms. The molecule has 3 aromatic rings. The van der Waals surface area contributed by atoms with E-state index in [-0.39, 0.29) is 17.4 Å². The third kappa shape index (κ3) is 2.05. The lowest BCUT2D eigenvalue weighted by molar-refractivity contribution is 0.475. The molecule has 0 amide bonds. The summed E-state index contributed by atoms with van der Waals surface area (Å²) in [7, 11) is 0. The molecule has 6 heteroatoms. The van der Waals surface area contributed by atoms with Crippen molar-refractivity contribution < 1.29 is 5.11 Å². The lowest BCUT2D eigenvalue weighted by Crippen LogP contribution is -2.00. The number of nitrogens with one attached hydrogen (secondary N) is 2. The molecule has 0 radical (unpaired) electrons. The number of fused-ring (bicyclic) bond motifs is 1. The molecular formula is C14H14N4O2. The van der Waals surface area contributed by atoms with Crippen molar-refractivity contribution in [3.63, 3.8) is 0 Å². The predicted octanol–water partition coefficient (Wildman–Crippen LogP) is 2.14. The summed E-state index contributed by atoms with van der Waals surface area (Å²) in [5, 5.41) is 9.37. The first-order valence-electron chi connectivity index (χ1n) is 6.34. The van der Waals surface area contributed by atoms with Crippen molar-refractivity contribution in [2.45, 2.75) is 19.8 Å². The van der Waals surface area contributed by atoms with E-state index in [1.807, 2.05) is 13.8 Å². The third-order valence-electron chi connectivity index (χ3n) is 3.07. The predicted molar refractivity (Wildman–Crippen MR) is 75.7 cm³/mol. The number of hydrogen-bond donors (Lipinski definition) is 3. The number of nitrogens with zero attached hydrogens (tertiary/aromatic N) is 2. The van der Waals surface area contributed by atoms with Crippen molar-refractivity contribution in [2.75, 3.05) is 0 Å². The minimum absolute atomic E-state index is 0.161. The molecule has 0 fully saturated rings. The van der Waals surface area contributed by atoms with Crippen LogP contribution in [0.4, 0.5) is 0 Å². The highest BCUT2D eigenvalue weighted by Gasteiger charge is 2.15. The highest BCUT2D eigenvalue weighted by Crippen LogP contribution is 2.28. The highest BCUT2D eigenvalue weighted by molar-refractivity contribution is 5.72. The van der Waals surface area contributed by atoms with Gasteiger partial charge in [0.05, 0.1) is 11.4 Å². The SMILES string of the molecule is CC(C)c1nc2[nH]c(=O)[nH]c2nc1-c1ccc(O)cc1. The Morgan fingerprint density at radius 1 is 1.05 bits per heavy atom. The molecule has 0 atom stereocenters. The first-order valence-corrected chi connectivity index (χ1v) is 6.34. The third-order valence-corrected chi connectivity index (χ3v) is 3.07. The molecule has 1 aromatic carbocycles. The highest BCUT2D eigenvalue weighted by atomic mass is 16.3. The summed E-state index contributed by atoms with van der Waals surface area (Å²) in [6.45, 7) is 4.04. The molecule has 0 aliphatic rings. The Bertz CT molecular complexity index is 815. The van der Waals surface area contributed by atoms with Gasteiger partial charge >= 0.3 is 5.69 Å². The van der Waals surface area contributed by atoms with E-state index in [1.165, 1.54) is 0 Å². The molecule has 2 heterocycles. The maximum Gasteiger partial charge on any atom is 0.326 e. The van der Waals surface area contributed by atoms with E-state index in [0.29, 0.717) is 17.0 Å². The van der Waals surface area contributed by atoms with Crippen LogP contribution in [-0.2, 0) is 0 Å². The molecule has 20 heavy (non-hydrogen) atoms. The minimum Gasteiger partial charge on any atom is -0.508 e. The standard InChI is InChI=1S/C14H14N4O2/c1-7(2)10-11(8-3-5-9(19)6-4-8)16-13-12(15-10)17-14(20)18-13/h3-7,19H,1-2H3,(H2,15,16,17,18,20). The molecule has 0 unspecified atom stereocenters. The van der Waals surface area contributed by atoms with Crippen LogP contribution in [0.25, 0.3) is 22.6 Å². The smallest absolute Gasteiger partial charge is 0.326 e. The van der Waals surface area contributed by atoms with E-state index >= 15 is 0 Å². The Labute approximate surface area is 114 Å². The summed E-state index contributed by atoms with van der Waals surface area (Å²) in [5.74, 6) is 0.359. The number of aromatic hydroxyl groups is 1. The van der Waals surface area contributed by atoms with Gasteiger partial charge in [-0.2, -0.15) is 0 Å². The van der Waals surface area contributed by atoms with Gasteiger partial charge in [0.1, 0.15) is 5.75 Å². The summed E-state index contributed by atoms with van der Waals surface area (Å²) in [5.41, 5.74) is 2.94. The molecule has 2 aromatic heterocycles. The Kier molecular flexibility index (Phi) is 2.78. The van der Waals surface area contributed by atoms with Crippen LogP contribution < -0.4 is 5.69 Å². The van der Waals surface area contributed by atoms with Crippen molar-refractivity contribution >= 4 is 11.3 Å². The van der Waals surface area contributed by atoms with E-state index in [4.69, 9.17) is 0 Å². The summed E-state index contributed by atoms with van der Waals surface area (Å²) in [6.07, 6.45) is 0. The normalized spacial score (nSPS) is 11.3. The topological polar surface area (TPSA) is 94.7 Å². The zero-order valence-electron chi connectivity index (χ0n) is 11.1. The summed E-state index contributed by atoms with van der Waals surface area (Å²) >= 11 is 0. The van der Waals surface area contributed by atoms with Crippen LogP contribution in [0.15, 0.2) is 29.1 Å². The van der Waals surface area contributed by atoms with Crippen molar-refractivity contribution in [3.8, 4) is 17.0 Å². The van der Waals surface area contributed by atoms with Crippen LogP contribution in [0.2, 0.25) is 0 Å². The second-order valence-corrected chi connectivity index (χ2v) is 4.94. The number of imidazole rings is 1. The maximum absolute atomic E-state index is 11.3. The van der Waals surface area contributed by atoms with Gasteiger partial charge in [-0.15, -0.1) is 0 Å². The molecule has 0 saturated carbocycles. The fourth-order valence-electron chi connectivity index (χ4n) is 2.10. The molecule has 0 aliphatic carbocycles. The Morgan fingerprint density at radius 3 is 2.25 bits per heavy atom. The number of aromatic nitrogens is 4. The van der Waals surface area contributed by atoms with Gasteiger partial charge in [-0.25, -0.2) is 14.8 Å². The second kappa shape index (κ2) is 4.48. The van der Waals surface area contributed by atoms with Gasteiger partial charge in [0.15, 0.2) is 11.3 Å². The fraction of sp³-hybridized carbons (Fsp3) is 0.214. The minimum atomic E-state index is -0.322. The average Bonchev–Trinajstić information content (AvgIpc) is 2.77. The van der Waals surface area contributed by atoms with Crippen molar-refractivity contribution in [1.82, 2.24) is 19.9 Å². The number of aromatic amines is 2. The van der Waals surface area contributed by atoms with E-state index in [9.17, 15) is 9.90 Å². The molecule has 3 N–H and O–H groups in total. The van der Waals surface area contributed by atoms with Gasteiger partial charge in [-0.05, 0) is 30.2 Å². The molecule has 102 valence electrons. The zero-order valence-corrected chi connectivity index (χ0v) is 11.1. The van der Waals surface area contributed by atoms with Gasteiger partial charge in [0, 0.05) is 5.56 Å². The fourth-order valence-corrected chi connectivity index (χ4v) is 2.10. The summed E-state index contributed by atoms with van der Waals surface area (Å²) < 4.78 is 0. The Morgan fingerprint density at radius 2 is 1.65 bits per heavy atom. The molecular weight excluding hydrogens is 256 g/mol. The van der Waals surface area contributed by atoms with Crippen LogP contribution in [0.1, 0.15) is 25.5 Å². The van der Waals surface area contributed by atoms with E-state index < -0.39 is 0 Å². The van der Waals surface area contributed by atoms with Crippen molar-refractivity contribution in [1.29, 1.82) is 0 Å². The lowest BCUT2D eigenvalue weighted by atomic mass is 10.0. The van der Waals surface area contributed by atoms with Crippen LogP contribution in [0.3, 0.4) is 0 Å². The number of rotatable bonds is 2. The first-order chi connectivity index (χ1) is 9.54. The van der Waals surface area contributed by atoms with Gasteiger partial charge in [-0.1, -0.05) is 13.8 Å². The number of benzene rings is 1. The number of phenols is 1. The molecule has 0 saturated heterocycles. The first kappa shape index (κ1) is 12.4. The second-order valence-electron chi connectivity index (χ2n) is 4.94. The lowest BCUT2D eigenvalue weighted by Gasteiger charge is -2.10.